The van der Waals surface area contributed by atoms with Crippen LogP contribution >= 0.6 is 15.6 Å². The molecule has 7 N–H and O–H groups in total. The van der Waals surface area contributed by atoms with Crippen LogP contribution in [0.2, 0.25) is 0 Å². The third-order valence-electron chi connectivity index (χ3n) is 5.12. The molecule has 1 aromatic heterocycles. The monoisotopic (exact) mass is 564 g/mol. The molecule has 0 aromatic carbocycles. The molecular formula is C15H22N2O17P2-2. The highest BCUT2D eigenvalue weighted by molar-refractivity contribution is 7.59. The van der Waals surface area contributed by atoms with Crippen LogP contribution in [0, 0.1) is 0 Å². The van der Waals surface area contributed by atoms with Gasteiger partial charge in [-0.05, 0) is 0 Å². The number of hydrogen-bond donors (Lipinski definition) is 7. The van der Waals surface area contributed by atoms with Crippen molar-refractivity contribution in [2.45, 2.75) is 55.2 Å². The molecule has 206 valence electrons. The lowest BCUT2D eigenvalue weighted by molar-refractivity contribution is -0.260. The fourth-order valence-electron chi connectivity index (χ4n) is 3.36. The average Bonchev–Trinajstić information content (AvgIpc) is 3.21. The Balaban J connectivity index is 1.60. The molecule has 0 saturated carbocycles. The zero-order chi connectivity index (χ0) is 27.0. The summed E-state index contributed by atoms with van der Waals surface area (Å²) in [6.45, 7) is -2.04. The number of phosphoric ester groups is 2. The molecule has 0 bridgehead atoms. The van der Waals surface area contributed by atoms with E-state index >= 15 is 0 Å². The van der Waals surface area contributed by atoms with Crippen molar-refractivity contribution < 1.29 is 72.4 Å². The Morgan fingerprint density at radius 2 is 1.72 bits per heavy atom. The van der Waals surface area contributed by atoms with Crippen molar-refractivity contribution in [3.8, 4) is 0 Å². The highest BCUT2D eigenvalue weighted by Crippen LogP contribution is 2.57. The maximum Gasteiger partial charge on any atom is 0.330 e. The van der Waals surface area contributed by atoms with E-state index in [0.29, 0.717) is 4.57 Å². The van der Waals surface area contributed by atoms with E-state index in [2.05, 4.69) is 13.4 Å². The summed E-state index contributed by atoms with van der Waals surface area (Å²) in [6, 6.07) is 0.913. The van der Waals surface area contributed by atoms with Gasteiger partial charge >= 0.3 is 5.69 Å². The molecule has 0 radical (unpaired) electrons. The van der Waals surface area contributed by atoms with E-state index < -0.39 is 95.4 Å². The second-order valence-corrected chi connectivity index (χ2v) is 10.6. The van der Waals surface area contributed by atoms with Crippen molar-refractivity contribution in [2.24, 2.45) is 0 Å². The highest BCUT2D eigenvalue weighted by Gasteiger charge is 2.48. The molecule has 0 spiro atoms. The average molecular weight is 564 g/mol. The van der Waals surface area contributed by atoms with Gasteiger partial charge in [0.2, 0.25) is 0 Å². The largest absolute Gasteiger partial charge is 0.756 e. The van der Waals surface area contributed by atoms with Crippen LogP contribution in [0.3, 0.4) is 0 Å². The third kappa shape index (κ3) is 6.54. The predicted molar refractivity (Wildman–Crippen MR) is 104 cm³/mol. The van der Waals surface area contributed by atoms with Crippen LogP contribution in [-0.4, -0.2) is 102 Å². The molecule has 2 aliphatic rings. The molecule has 3 heterocycles. The van der Waals surface area contributed by atoms with Crippen LogP contribution in [0.1, 0.15) is 6.23 Å². The molecule has 21 heteroatoms. The zero-order valence-corrected chi connectivity index (χ0v) is 19.6. The highest BCUT2D eigenvalue weighted by atomic mass is 31.3. The van der Waals surface area contributed by atoms with Crippen molar-refractivity contribution in [3.63, 3.8) is 0 Å². The van der Waals surface area contributed by atoms with Crippen LogP contribution in [-0.2, 0) is 32.0 Å². The Morgan fingerprint density at radius 3 is 2.33 bits per heavy atom. The number of aromatic amines is 1. The van der Waals surface area contributed by atoms with Gasteiger partial charge < -0.3 is 54.4 Å². The summed E-state index contributed by atoms with van der Waals surface area (Å²) in [6.07, 6.45) is -15.5. The van der Waals surface area contributed by atoms with E-state index in [0.717, 1.165) is 12.3 Å². The van der Waals surface area contributed by atoms with Crippen molar-refractivity contribution in [1.29, 1.82) is 0 Å². The summed E-state index contributed by atoms with van der Waals surface area (Å²) < 4.78 is 47.1. The number of ether oxygens (including phenoxy) is 2. The number of hydrogen-bond acceptors (Lipinski definition) is 17. The molecule has 1 aromatic rings. The van der Waals surface area contributed by atoms with Gasteiger partial charge in [-0.3, -0.25) is 28.0 Å². The molecule has 36 heavy (non-hydrogen) atoms. The third-order valence-corrected chi connectivity index (χ3v) is 7.65. The fraction of sp³-hybridized carbons (Fsp3) is 0.733. The number of aliphatic hydroxyl groups is 6. The topological polar surface area (TPSA) is 303 Å². The molecule has 2 aliphatic heterocycles. The minimum atomic E-state index is -5.87. The second kappa shape index (κ2) is 11.2. The lowest BCUT2D eigenvalue weighted by Crippen LogP contribution is -2.40. The maximum atomic E-state index is 12.0. The number of aliphatic hydroxyl groups excluding tert-OH is 6. The van der Waals surface area contributed by atoms with E-state index in [1.54, 1.807) is 0 Å². The van der Waals surface area contributed by atoms with Gasteiger partial charge in [0, 0.05) is 12.3 Å². The van der Waals surface area contributed by atoms with Crippen molar-refractivity contribution in [1.82, 2.24) is 9.55 Å². The Kier molecular flexibility index (Phi) is 9.05. The lowest BCUT2D eigenvalue weighted by Gasteiger charge is -2.33. The first-order valence-electron chi connectivity index (χ1n) is 9.96. The molecule has 19 nitrogen and oxygen atoms in total. The van der Waals surface area contributed by atoms with Gasteiger partial charge in [-0.2, -0.15) is 0 Å². The summed E-state index contributed by atoms with van der Waals surface area (Å²) in [5.41, 5.74) is -1.78. The van der Waals surface area contributed by atoms with E-state index in [1.165, 1.54) is 0 Å². The summed E-state index contributed by atoms with van der Waals surface area (Å²) in [5, 5.41) is 58.1. The molecular weight excluding hydrogens is 542 g/mol. The van der Waals surface area contributed by atoms with Crippen molar-refractivity contribution in [3.05, 3.63) is 33.1 Å². The minimum absolute atomic E-state index is 0.699. The predicted octanol–water partition coefficient (Wildman–Crippen LogP) is -6.06. The van der Waals surface area contributed by atoms with E-state index in [9.17, 15) is 54.0 Å². The molecule has 3 unspecified atom stereocenters. The van der Waals surface area contributed by atoms with Gasteiger partial charge in [-0.1, -0.05) is 0 Å². The summed E-state index contributed by atoms with van der Waals surface area (Å²) in [5.74, 6) is 0. The van der Waals surface area contributed by atoms with Gasteiger partial charge in [-0.25, -0.2) is 9.11 Å². The summed E-state index contributed by atoms with van der Waals surface area (Å²) >= 11 is 0. The van der Waals surface area contributed by atoms with Gasteiger partial charge in [-0.15, -0.1) is 0 Å². The number of phosphoric acid groups is 2. The summed E-state index contributed by atoms with van der Waals surface area (Å²) in [7, 11) is -11.7. The number of H-pyrrole nitrogens is 1. The first-order chi connectivity index (χ1) is 16.7. The van der Waals surface area contributed by atoms with Crippen LogP contribution < -0.4 is 21.0 Å². The molecule has 11 atom stereocenters. The Bertz CT molecular complexity index is 1130. The second-order valence-electron chi connectivity index (χ2n) is 7.64. The van der Waals surface area contributed by atoms with E-state index in [4.69, 9.17) is 14.6 Å². The summed E-state index contributed by atoms with van der Waals surface area (Å²) in [4.78, 5) is 48.9. The Hall–Kier alpha value is -1.38. The van der Waals surface area contributed by atoms with Crippen LogP contribution in [0.4, 0.5) is 0 Å². The molecule has 0 aliphatic carbocycles. The quantitative estimate of drug-likeness (QED) is 0.130. The number of nitrogens with one attached hydrogen (secondary N) is 1. The number of rotatable bonds is 10. The standard InChI is InChI=1S/C15H24N2O17P2/c18-3-5(19)12-9(22)11(24)14(32-12)33-36(28,29)34-35(26,27)30-4-6-8(21)10(23)13(31-6)17-2-1-7(20)16-15(17)25/h1-2,5-6,8-14,18-19,21-24H,3-4H2,(H,26,27)(H,28,29)(H,16,20,25)/p-2/t5-,6-,8-,9-,10-,11-,12+,13-,14?/m1/s1. The van der Waals surface area contributed by atoms with Crippen LogP contribution in [0.5, 0.6) is 0 Å². The molecule has 2 saturated heterocycles. The SMILES string of the molecule is O=c1ccn([C@@H]2O[C@H](COP(=O)([O-])OP(=O)([O-])OC3O[C@@H]([C@H](O)CO)[C@H](O)[C@H]3O)[C@@H](O)[C@H]2O)c(=O)[nH]1. The smallest absolute Gasteiger partial charge is 0.330 e. The van der Waals surface area contributed by atoms with Crippen LogP contribution in [0.25, 0.3) is 0 Å². The molecule has 3 rings (SSSR count). The van der Waals surface area contributed by atoms with Gasteiger partial charge in [0.15, 0.2) is 12.5 Å². The van der Waals surface area contributed by atoms with Crippen molar-refractivity contribution >= 4 is 15.6 Å². The van der Waals surface area contributed by atoms with Gasteiger partial charge in [0.25, 0.3) is 21.2 Å². The van der Waals surface area contributed by atoms with Gasteiger partial charge in [0.1, 0.15) is 42.7 Å². The number of aromatic nitrogens is 2. The molecule has 0 amide bonds. The van der Waals surface area contributed by atoms with Crippen LogP contribution in [0.15, 0.2) is 21.9 Å². The normalized spacial score (nSPS) is 36.9. The molecule has 2 fully saturated rings. The first kappa shape index (κ1) is 29.2. The van der Waals surface area contributed by atoms with E-state index in [-0.39, 0.29) is 0 Å². The fourth-order valence-corrected chi connectivity index (χ4v) is 5.44. The Labute approximate surface area is 199 Å². The Morgan fingerprint density at radius 1 is 1.06 bits per heavy atom. The zero-order valence-electron chi connectivity index (χ0n) is 17.8. The maximum absolute atomic E-state index is 12.0. The first-order valence-corrected chi connectivity index (χ1v) is 12.9. The van der Waals surface area contributed by atoms with E-state index in [1.807, 2.05) is 4.98 Å². The van der Waals surface area contributed by atoms with Gasteiger partial charge in [0.05, 0.1) is 13.2 Å². The number of nitrogens with zero attached hydrogens (tertiary/aromatic N) is 1. The van der Waals surface area contributed by atoms with Crippen molar-refractivity contribution in [2.75, 3.05) is 13.2 Å². The lowest BCUT2D eigenvalue weighted by atomic mass is 10.1. The minimum Gasteiger partial charge on any atom is -0.756 e.